The molecule has 0 radical (unpaired) electrons. The maximum Gasteiger partial charge on any atom is 0.258 e. The first-order chi connectivity index (χ1) is 13.5. The van der Waals surface area contributed by atoms with Gasteiger partial charge >= 0.3 is 0 Å². The van der Waals surface area contributed by atoms with Gasteiger partial charge in [0, 0.05) is 36.5 Å². The van der Waals surface area contributed by atoms with Gasteiger partial charge in [-0.25, -0.2) is 12.7 Å². The van der Waals surface area contributed by atoms with E-state index in [1.54, 1.807) is 14.1 Å². The lowest BCUT2D eigenvalue weighted by atomic mass is 9.82. The Morgan fingerprint density at radius 3 is 2.36 bits per heavy atom. The van der Waals surface area contributed by atoms with E-state index >= 15 is 0 Å². The summed E-state index contributed by atoms with van der Waals surface area (Å²) in [7, 11) is -0.492. The number of allylic oxidation sites excluding steroid dienone is 4. The monoisotopic (exact) mass is 392 g/mol. The van der Waals surface area contributed by atoms with Crippen LogP contribution in [0.3, 0.4) is 0 Å². The zero-order valence-corrected chi connectivity index (χ0v) is 16.9. The Hall–Kier alpha value is -2.63. The van der Waals surface area contributed by atoms with E-state index < -0.39 is 10.0 Å². The standard InChI is InChI=1S/C23H24N2O2S/c1-25(2)28(26,27)23-22(19-15-9-10-16-20(19)24-23)21(17-11-5-3-6-12-17)18-13-7-4-8-14-18/h3,5-7,9-16,21,24H,4,8H2,1-2H3. The average molecular weight is 393 g/mol. The largest absolute Gasteiger partial charge is 0.344 e. The predicted octanol–water partition coefficient (Wildman–Crippen LogP) is 4.83. The van der Waals surface area contributed by atoms with Crippen molar-refractivity contribution in [1.29, 1.82) is 0 Å². The molecule has 0 saturated heterocycles. The molecule has 4 rings (SSSR count). The lowest BCUT2D eigenvalue weighted by molar-refractivity contribution is 0.516. The van der Waals surface area contributed by atoms with E-state index in [-0.39, 0.29) is 10.9 Å². The van der Waals surface area contributed by atoms with Gasteiger partial charge in [0.1, 0.15) is 0 Å². The number of sulfonamides is 1. The zero-order chi connectivity index (χ0) is 19.7. The molecule has 4 nitrogen and oxygen atoms in total. The van der Waals surface area contributed by atoms with Gasteiger partial charge in [-0.3, -0.25) is 0 Å². The summed E-state index contributed by atoms with van der Waals surface area (Å²) < 4.78 is 27.7. The van der Waals surface area contributed by atoms with E-state index in [0.717, 1.165) is 40.4 Å². The fourth-order valence-corrected chi connectivity index (χ4v) is 4.94. The number of fused-ring (bicyclic) bond motifs is 1. The van der Waals surface area contributed by atoms with E-state index in [4.69, 9.17) is 0 Å². The molecule has 0 bridgehead atoms. The fourth-order valence-electron chi connectivity index (χ4n) is 3.83. The van der Waals surface area contributed by atoms with Crippen molar-refractivity contribution in [2.24, 2.45) is 0 Å². The molecule has 0 amide bonds. The number of hydrogen-bond acceptors (Lipinski definition) is 2. The van der Waals surface area contributed by atoms with Crippen LogP contribution in [0.15, 0.2) is 83.4 Å². The van der Waals surface area contributed by atoms with Crippen LogP contribution in [0.5, 0.6) is 0 Å². The summed E-state index contributed by atoms with van der Waals surface area (Å²) in [6, 6.07) is 17.9. The van der Waals surface area contributed by atoms with Crippen molar-refractivity contribution in [3.05, 3.63) is 89.5 Å². The highest BCUT2D eigenvalue weighted by molar-refractivity contribution is 7.89. The van der Waals surface area contributed by atoms with Gasteiger partial charge in [-0.2, -0.15) is 0 Å². The van der Waals surface area contributed by atoms with Crippen molar-refractivity contribution in [1.82, 2.24) is 9.29 Å². The van der Waals surface area contributed by atoms with E-state index in [1.165, 1.54) is 4.31 Å². The molecule has 2 aromatic carbocycles. The lowest BCUT2D eigenvalue weighted by Crippen LogP contribution is -2.24. The van der Waals surface area contributed by atoms with Gasteiger partial charge in [0.25, 0.3) is 10.0 Å². The first-order valence-electron chi connectivity index (χ1n) is 9.45. The highest BCUT2D eigenvalue weighted by Gasteiger charge is 2.32. The first-order valence-corrected chi connectivity index (χ1v) is 10.9. The molecule has 0 saturated carbocycles. The second-order valence-electron chi connectivity index (χ2n) is 7.23. The van der Waals surface area contributed by atoms with Gasteiger partial charge in [0.15, 0.2) is 5.03 Å². The van der Waals surface area contributed by atoms with E-state index in [9.17, 15) is 8.42 Å². The number of nitrogens with one attached hydrogen (secondary N) is 1. The molecule has 1 aliphatic carbocycles. The van der Waals surface area contributed by atoms with Crippen LogP contribution in [0.1, 0.15) is 29.9 Å². The molecular formula is C23H24N2O2S. The van der Waals surface area contributed by atoms with Crippen LogP contribution in [0, 0.1) is 0 Å². The van der Waals surface area contributed by atoms with Crippen LogP contribution in [0.4, 0.5) is 0 Å². The third-order valence-electron chi connectivity index (χ3n) is 5.23. The third-order valence-corrected chi connectivity index (χ3v) is 7.03. The quantitative estimate of drug-likeness (QED) is 0.676. The minimum absolute atomic E-state index is 0.154. The molecule has 28 heavy (non-hydrogen) atoms. The van der Waals surface area contributed by atoms with Gasteiger partial charge in [-0.1, -0.05) is 66.8 Å². The normalized spacial score (nSPS) is 15.8. The Labute approximate surface area is 166 Å². The molecule has 1 atom stereocenters. The van der Waals surface area contributed by atoms with Crippen molar-refractivity contribution in [2.75, 3.05) is 14.1 Å². The molecule has 1 aliphatic rings. The third kappa shape index (κ3) is 3.21. The van der Waals surface area contributed by atoms with E-state index in [0.29, 0.717) is 0 Å². The van der Waals surface area contributed by atoms with Crippen LogP contribution >= 0.6 is 0 Å². The Kier molecular flexibility index (Phi) is 4.96. The molecule has 144 valence electrons. The van der Waals surface area contributed by atoms with Crippen molar-refractivity contribution in [2.45, 2.75) is 23.8 Å². The summed E-state index contributed by atoms with van der Waals surface area (Å²) in [6.45, 7) is 0. The summed E-state index contributed by atoms with van der Waals surface area (Å²) in [5.74, 6) is -0.154. The van der Waals surface area contributed by atoms with Gasteiger partial charge in [0.2, 0.25) is 0 Å². The Morgan fingerprint density at radius 2 is 1.68 bits per heavy atom. The number of aromatic amines is 1. The molecule has 3 aromatic rings. The predicted molar refractivity (Wildman–Crippen MR) is 114 cm³/mol. The van der Waals surface area contributed by atoms with Crippen LogP contribution in [-0.4, -0.2) is 31.8 Å². The summed E-state index contributed by atoms with van der Waals surface area (Å²) in [6.07, 6.45) is 8.51. The lowest BCUT2D eigenvalue weighted by Gasteiger charge is -2.23. The number of rotatable bonds is 5. The molecule has 5 heteroatoms. The molecule has 0 aliphatic heterocycles. The number of aromatic nitrogens is 1. The highest BCUT2D eigenvalue weighted by atomic mass is 32.2. The second kappa shape index (κ2) is 7.41. The minimum Gasteiger partial charge on any atom is -0.344 e. The Morgan fingerprint density at radius 1 is 0.964 bits per heavy atom. The molecule has 1 aromatic heterocycles. The molecule has 0 fully saturated rings. The van der Waals surface area contributed by atoms with Crippen molar-refractivity contribution >= 4 is 20.9 Å². The van der Waals surface area contributed by atoms with Gasteiger partial charge in [-0.05, 0) is 30.0 Å². The number of hydrogen-bond donors (Lipinski definition) is 1. The Balaban J connectivity index is 2.06. The summed E-state index contributed by atoms with van der Waals surface area (Å²) in [5, 5.41) is 1.21. The van der Waals surface area contributed by atoms with Crippen LogP contribution < -0.4 is 0 Å². The van der Waals surface area contributed by atoms with Gasteiger partial charge in [-0.15, -0.1) is 0 Å². The Bertz CT molecular complexity index is 1160. The van der Waals surface area contributed by atoms with E-state index in [1.807, 2.05) is 42.5 Å². The van der Waals surface area contributed by atoms with Gasteiger partial charge in [0.05, 0.1) is 0 Å². The smallest absolute Gasteiger partial charge is 0.258 e. The number of nitrogens with zero attached hydrogens (tertiary/aromatic N) is 1. The molecule has 1 unspecified atom stereocenters. The van der Waals surface area contributed by atoms with E-state index in [2.05, 4.69) is 35.3 Å². The summed E-state index contributed by atoms with van der Waals surface area (Å²) in [4.78, 5) is 3.19. The van der Waals surface area contributed by atoms with Crippen molar-refractivity contribution in [3.63, 3.8) is 0 Å². The van der Waals surface area contributed by atoms with Crippen molar-refractivity contribution < 1.29 is 8.42 Å². The highest BCUT2D eigenvalue weighted by Crippen LogP contribution is 2.42. The number of benzene rings is 2. The van der Waals surface area contributed by atoms with Crippen LogP contribution in [-0.2, 0) is 10.0 Å². The molecule has 1 N–H and O–H groups in total. The van der Waals surface area contributed by atoms with Crippen molar-refractivity contribution in [3.8, 4) is 0 Å². The zero-order valence-electron chi connectivity index (χ0n) is 16.1. The fraction of sp³-hybridized carbons (Fsp3) is 0.217. The molecule has 1 heterocycles. The SMILES string of the molecule is CN(C)S(=O)(=O)c1[nH]c2ccccc2c1C(C1=CCCC=C1)c1ccccc1. The number of para-hydroxylation sites is 1. The van der Waals surface area contributed by atoms with Crippen LogP contribution in [0.25, 0.3) is 10.9 Å². The maximum absolute atomic E-state index is 13.2. The summed E-state index contributed by atoms with van der Waals surface area (Å²) in [5.41, 5.74) is 3.87. The molecule has 0 spiro atoms. The average Bonchev–Trinajstić information content (AvgIpc) is 3.10. The number of H-pyrrole nitrogens is 1. The van der Waals surface area contributed by atoms with Crippen LogP contribution in [0.2, 0.25) is 0 Å². The summed E-state index contributed by atoms with van der Waals surface area (Å²) >= 11 is 0. The van der Waals surface area contributed by atoms with Gasteiger partial charge < -0.3 is 4.98 Å². The maximum atomic E-state index is 13.2. The topological polar surface area (TPSA) is 53.2 Å². The first kappa shape index (κ1) is 18.7. The second-order valence-corrected chi connectivity index (χ2v) is 9.32. The minimum atomic E-state index is -3.63. The molecular weight excluding hydrogens is 368 g/mol.